The zero-order chi connectivity index (χ0) is 10.1. The molecule has 74 valence electrons. The van der Waals surface area contributed by atoms with Crippen molar-refractivity contribution in [2.45, 2.75) is 40.0 Å². The number of unbranched alkanes of at least 4 members (excludes halogenated alkanes) is 1. The zero-order valence-corrected chi connectivity index (χ0v) is 8.81. The Labute approximate surface area is 80.8 Å². The van der Waals surface area contributed by atoms with Crippen molar-refractivity contribution < 1.29 is 4.39 Å². The standard InChI is InChI=1S/C10H13F.C2H6/c1-2-3-4-9-5-7-10(11)8-6-9;1-2/h5-8H,2-4H2,1H3;1-2H3. The van der Waals surface area contributed by atoms with Gasteiger partial charge in [0.1, 0.15) is 5.82 Å². The Kier molecular flexibility index (Phi) is 7.27. The summed E-state index contributed by atoms with van der Waals surface area (Å²) in [6.07, 6.45) is 3.44. The summed E-state index contributed by atoms with van der Waals surface area (Å²) in [7, 11) is 0. The molecule has 0 radical (unpaired) electrons. The summed E-state index contributed by atoms with van der Waals surface area (Å²) in [6, 6.07) is 6.74. The number of rotatable bonds is 3. The maximum Gasteiger partial charge on any atom is 0.123 e. The molecule has 0 aliphatic heterocycles. The summed E-state index contributed by atoms with van der Waals surface area (Å²) < 4.78 is 12.4. The van der Waals surface area contributed by atoms with Gasteiger partial charge in [0.15, 0.2) is 0 Å². The fourth-order valence-corrected chi connectivity index (χ4v) is 1.03. The summed E-state index contributed by atoms with van der Waals surface area (Å²) >= 11 is 0. The first-order chi connectivity index (χ1) is 6.33. The normalized spacial score (nSPS) is 8.92. The second-order valence-electron chi connectivity index (χ2n) is 2.73. The molecule has 0 N–H and O–H groups in total. The van der Waals surface area contributed by atoms with E-state index in [9.17, 15) is 4.39 Å². The van der Waals surface area contributed by atoms with Gasteiger partial charge in [0.2, 0.25) is 0 Å². The molecule has 0 heterocycles. The van der Waals surface area contributed by atoms with Crippen LogP contribution in [-0.2, 0) is 6.42 Å². The molecule has 0 amide bonds. The first kappa shape index (κ1) is 12.2. The van der Waals surface area contributed by atoms with Gasteiger partial charge in [-0.1, -0.05) is 39.3 Å². The molecule has 0 unspecified atom stereocenters. The maximum absolute atomic E-state index is 12.4. The third-order valence-electron chi connectivity index (χ3n) is 1.73. The van der Waals surface area contributed by atoms with Crippen LogP contribution >= 0.6 is 0 Å². The molecule has 0 nitrogen and oxygen atoms in total. The summed E-state index contributed by atoms with van der Waals surface area (Å²) in [5, 5.41) is 0. The number of halogens is 1. The molecule has 0 fully saturated rings. The molecule has 0 saturated heterocycles. The lowest BCUT2D eigenvalue weighted by Crippen LogP contribution is -1.83. The van der Waals surface area contributed by atoms with Crippen LogP contribution in [0.15, 0.2) is 24.3 Å². The first-order valence-electron chi connectivity index (χ1n) is 5.07. The van der Waals surface area contributed by atoms with Gasteiger partial charge < -0.3 is 0 Å². The minimum absolute atomic E-state index is 0.148. The molecule has 0 spiro atoms. The van der Waals surface area contributed by atoms with Crippen molar-refractivity contribution in [3.63, 3.8) is 0 Å². The largest absolute Gasteiger partial charge is 0.207 e. The Hall–Kier alpha value is -0.850. The molecular formula is C12H19F. The van der Waals surface area contributed by atoms with Crippen LogP contribution in [0.4, 0.5) is 4.39 Å². The van der Waals surface area contributed by atoms with Crippen LogP contribution in [-0.4, -0.2) is 0 Å². The lowest BCUT2D eigenvalue weighted by molar-refractivity contribution is 0.626. The predicted octanol–water partition coefficient (Wildman–Crippen LogP) is 4.19. The SMILES string of the molecule is CC.CCCCc1ccc(F)cc1. The van der Waals surface area contributed by atoms with Gasteiger partial charge in [-0.3, -0.25) is 0 Å². The molecule has 1 rings (SSSR count). The van der Waals surface area contributed by atoms with Gasteiger partial charge in [0.25, 0.3) is 0 Å². The third-order valence-corrected chi connectivity index (χ3v) is 1.73. The molecule has 0 aliphatic carbocycles. The molecule has 0 saturated carbocycles. The Morgan fingerprint density at radius 1 is 1.08 bits per heavy atom. The van der Waals surface area contributed by atoms with Gasteiger partial charge >= 0.3 is 0 Å². The highest BCUT2D eigenvalue weighted by molar-refractivity contribution is 5.15. The van der Waals surface area contributed by atoms with E-state index in [0.29, 0.717) is 0 Å². The second-order valence-corrected chi connectivity index (χ2v) is 2.73. The van der Waals surface area contributed by atoms with Crippen molar-refractivity contribution >= 4 is 0 Å². The maximum atomic E-state index is 12.4. The van der Waals surface area contributed by atoms with E-state index in [-0.39, 0.29) is 5.82 Å². The highest BCUT2D eigenvalue weighted by atomic mass is 19.1. The van der Waals surface area contributed by atoms with E-state index in [4.69, 9.17) is 0 Å². The van der Waals surface area contributed by atoms with E-state index in [1.54, 1.807) is 0 Å². The molecule has 0 atom stereocenters. The highest BCUT2D eigenvalue weighted by Crippen LogP contribution is 2.06. The Balaban J connectivity index is 0.000000671. The quantitative estimate of drug-likeness (QED) is 0.657. The topological polar surface area (TPSA) is 0 Å². The van der Waals surface area contributed by atoms with Crippen molar-refractivity contribution in [2.24, 2.45) is 0 Å². The average molecular weight is 182 g/mol. The van der Waals surface area contributed by atoms with Crippen LogP contribution in [0, 0.1) is 5.82 Å². The van der Waals surface area contributed by atoms with Gasteiger partial charge in [0.05, 0.1) is 0 Å². The Morgan fingerprint density at radius 2 is 1.62 bits per heavy atom. The molecule has 0 bridgehead atoms. The lowest BCUT2D eigenvalue weighted by atomic mass is 10.1. The number of aryl methyl sites for hydroxylation is 1. The van der Waals surface area contributed by atoms with Gasteiger partial charge in [-0.2, -0.15) is 0 Å². The van der Waals surface area contributed by atoms with Gasteiger partial charge in [0, 0.05) is 0 Å². The van der Waals surface area contributed by atoms with Gasteiger partial charge in [-0.25, -0.2) is 4.39 Å². The minimum atomic E-state index is -0.148. The van der Waals surface area contributed by atoms with Crippen molar-refractivity contribution in [3.8, 4) is 0 Å². The summed E-state index contributed by atoms with van der Waals surface area (Å²) in [5.74, 6) is -0.148. The summed E-state index contributed by atoms with van der Waals surface area (Å²) in [4.78, 5) is 0. The van der Waals surface area contributed by atoms with E-state index in [1.807, 2.05) is 26.0 Å². The Bertz CT molecular complexity index is 201. The average Bonchev–Trinajstić information content (AvgIpc) is 2.20. The van der Waals surface area contributed by atoms with Crippen molar-refractivity contribution in [1.82, 2.24) is 0 Å². The van der Waals surface area contributed by atoms with Crippen molar-refractivity contribution in [3.05, 3.63) is 35.6 Å². The van der Waals surface area contributed by atoms with Crippen molar-refractivity contribution in [2.75, 3.05) is 0 Å². The molecule has 1 heteroatoms. The first-order valence-corrected chi connectivity index (χ1v) is 5.07. The second kappa shape index (κ2) is 7.78. The highest BCUT2D eigenvalue weighted by Gasteiger charge is 1.91. The molecule has 1 aromatic carbocycles. The Morgan fingerprint density at radius 3 is 2.08 bits per heavy atom. The van der Waals surface area contributed by atoms with Crippen LogP contribution in [0.25, 0.3) is 0 Å². The molecule has 13 heavy (non-hydrogen) atoms. The van der Waals surface area contributed by atoms with Gasteiger partial charge in [-0.15, -0.1) is 0 Å². The smallest absolute Gasteiger partial charge is 0.123 e. The summed E-state index contributed by atoms with van der Waals surface area (Å²) in [6.45, 7) is 6.16. The monoisotopic (exact) mass is 182 g/mol. The summed E-state index contributed by atoms with van der Waals surface area (Å²) in [5.41, 5.74) is 1.23. The van der Waals surface area contributed by atoms with E-state index in [2.05, 4.69) is 6.92 Å². The lowest BCUT2D eigenvalue weighted by Gasteiger charge is -1.97. The van der Waals surface area contributed by atoms with E-state index < -0.39 is 0 Å². The van der Waals surface area contributed by atoms with Crippen LogP contribution in [0.2, 0.25) is 0 Å². The number of hydrogen-bond acceptors (Lipinski definition) is 0. The van der Waals surface area contributed by atoms with Crippen molar-refractivity contribution in [1.29, 1.82) is 0 Å². The molecule has 0 aromatic heterocycles. The van der Waals surface area contributed by atoms with E-state index in [1.165, 1.54) is 30.5 Å². The van der Waals surface area contributed by atoms with Gasteiger partial charge in [-0.05, 0) is 30.5 Å². The van der Waals surface area contributed by atoms with E-state index >= 15 is 0 Å². The number of hydrogen-bond donors (Lipinski definition) is 0. The van der Waals surface area contributed by atoms with Crippen LogP contribution < -0.4 is 0 Å². The molecular weight excluding hydrogens is 163 g/mol. The molecule has 0 aliphatic rings. The van der Waals surface area contributed by atoms with E-state index in [0.717, 1.165) is 6.42 Å². The fourth-order valence-electron chi connectivity index (χ4n) is 1.03. The van der Waals surface area contributed by atoms with Crippen LogP contribution in [0.5, 0.6) is 0 Å². The predicted molar refractivity (Wildman–Crippen MR) is 56.4 cm³/mol. The minimum Gasteiger partial charge on any atom is -0.207 e. The van der Waals surface area contributed by atoms with Crippen LogP contribution in [0.1, 0.15) is 39.2 Å². The van der Waals surface area contributed by atoms with Crippen LogP contribution in [0.3, 0.4) is 0 Å². The zero-order valence-electron chi connectivity index (χ0n) is 8.81. The number of benzene rings is 1. The fraction of sp³-hybridized carbons (Fsp3) is 0.500. The third kappa shape index (κ3) is 5.40. The molecule has 1 aromatic rings.